The molecule has 0 aliphatic carbocycles. The van der Waals surface area contributed by atoms with Gasteiger partial charge in [-0.05, 0) is 41.1 Å². The Morgan fingerprint density at radius 1 is 0.929 bits per heavy atom. The number of anilines is 1. The molecule has 4 aromatic rings. The zero-order valence-corrected chi connectivity index (χ0v) is 15.3. The van der Waals surface area contributed by atoms with E-state index in [2.05, 4.69) is 15.5 Å². The molecule has 0 radical (unpaired) electrons. The molecule has 7 heteroatoms. The fourth-order valence-corrected chi connectivity index (χ4v) is 2.86. The van der Waals surface area contributed by atoms with E-state index in [1.54, 1.807) is 38.5 Å². The number of amides is 1. The van der Waals surface area contributed by atoms with Crippen molar-refractivity contribution in [3.05, 3.63) is 66.2 Å². The number of methoxy groups -OCH3 is 2. The summed E-state index contributed by atoms with van der Waals surface area (Å²) in [6, 6.07) is 18.5. The Hall–Kier alpha value is -3.87. The summed E-state index contributed by atoms with van der Waals surface area (Å²) in [4.78, 5) is 12.5. The van der Waals surface area contributed by atoms with Crippen LogP contribution >= 0.6 is 0 Å². The maximum absolute atomic E-state index is 12.5. The first-order valence-electron chi connectivity index (χ1n) is 8.54. The largest absolute Gasteiger partial charge is 0.497 e. The Balaban J connectivity index is 1.58. The number of carbonyl (C=O) groups excluding carboxylic acids is 1. The molecule has 1 amide bonds. The SMILES string of the molecule is COc1ccc(OC)c(-c2nnc(NC(=O)c3ccc4ccccc4c3)o2)c1. The van der Waals surface area contributed by atoms with Gasteiger partial charge in [0.05, 0.1) is 19.8 Å². The van der Waals surface area contributed by atoms with E-state index in [0.29, 0.717) is 22.6 Å². The van der Waals surface area contributed by atoms with E-state index in [0.717, 1.165) is 10.8 Å². The van der Waals surface area contributed by atoms with E-state index >= 15 is 0 Å². The summed E-state index contributed by atoms with van der Waals surface area (Å²) in [5, 5.41) is 12.6. The van der Waals surface area contributed by atoms with Gasteiger partial charge < -0.3 is 13.9 Å². The van der Waals surface area contributed by atoms with Crippen LogP contribution in [0.1, 0.15) is 10.4 Å². The smallest absolute Gasteiger partial charge is 0.322 e. The molecule has 7 nitrogen and oxygen atoms in total. The van der Waals surface area contributed by atoms with Crippen LogP contribution in [-0.2, 0) is 0 Å². The second kappa shape index (κ2) is 7.40. The molecule has 0 aliphatic heterocycles. The Bertz CT molecular complexity index is 1150. The van der Waals surface area contributed by atoms with E-state index in [1.165, 1.54) is 0 Å². The monoisotopic (exact) mass is 375 g/mol. The lowest BCUT2D eigenvalue weighted by Crippen LogP contribution is -2.12. The molecule has 0 unspecified atom stereocenters. The summed E-state index contributed by atoms with van der Waals surface area (Å²) in [6.07, 6.45) is 0. The normalized spacial score (nSPS) is 10.6. The number of ether oxygens (including phenoxy) is 2. The van der Waals surface area contributed by atoms with Crippen molar-refractivity contribution in [2.75, 3.05) is 19.5 Å². The average molecular weight is 375 g/mol. The van der Waals surface area contributed by atoms with E-state index in [9.17, 15) is 4.79 Å². The molecule has 28 heavy (non-hydrogen) atoms. The van der Waals surface area contributed by atoms with Crippen molar-refractivity contribution in [1.29, 1.82) is 0 Å². The third-order valence-electron chi connectivity index (χ3n) is 4.29. The van der Waals surface area contributed by atoms with Gasteiger partial charge in [-0.2, -0.15) is 0 Å². The van der Waals surface area contributed by atoms with Crippen LogP contribution in [0.15, 0.2) is 65.1 Å². The standard InChI is InChI=1S/C21H17N3O4/c1-26-16-9-10-18(27-2)17(12-16)20-23-24-21(28-20)22-19(25)15-8-7-13-5-3-4-6-14(13)11-15/h3-12H,1-2H3,(H,22,24,25). The van der Waals surface area contributed by atoms with Gasteiger partial charge in [0.15, 0.2) is 0 Å². The Kier molecular flexibility index (Phi) is 4.63. The highest BCUT2D eigenvalue weighted by Gasteiger charge is 2.17. The van der Waals surface area contributed by atoms with Gasteiger partial charge in [-0.25, -0.2) is 0 Å². The number of hydrogen-bond donors (Lipinski definition) is 1. The fraction of sp³-hybridized carbons (Fsp3) is 0.0952. The molecule has 0 fully saturated rings. The third kappa shape index (κ3) is 3.37. The van der Waals surface area contributed by atoms with Crippen molar-refractivity contribution in [3.8, 4) is 23.0 Å². The van der Waals surface area contributed by atoms with Gasteiger partial charge in [-0.15, -0.1) is 5.10 Å². The fourth-order valence-electron chi connectivity index (χ4n) is 2.86. The first kappa shape index (κ1) is 17.5. The average Bonchev–Trinajstić information content (AvgIpc) is 3.21. The maximum Gasteiger partial charge on any atom is 0.322 e. The van der Waals surface area contributed by atoms with Crippen molar-refractivity contribution in [2.45, 2.75) is 0 Å². The quantitative estimate of drug-likeness (QED) is 0.564. The molecule has 0 atom stereocenters. The van der Waals surface area contributed by atoms with E-state index in [-0.39, 0.29) is 17.8 Å². The lowest BCUT2D eigenvalue weighted by molar-refractivity contribution is 0.102. The minimum Gasteiger partial charge on any atom is -0.497 e. The van der Waals surface area contributed by atoms with Gasteiger partial charge in [0.1, 0.15) is 11.5 Å². The second-order valence-corrected chi connectivity index (χ2v) is 5.99. The predicted octanol–water partition coefficient (Wildman–Crippen LogP) is 4.16. The third-order valence-corrected chi connectivity index (χ3v) is 4.29. The van der Waals surface area contributed by atoms with Crippen molar-refractivity contribution < 1.29 is 18.7 Å². The van der Waals surface area contributed by atoms with Gasteiger partial charge in [0.25, 0.3) is 11.8 Å². The summed E-state index contributed by atoms with van der Waals surface area (Å²) in [6.45, 7) is 0. The molecule has 4 rings (SSSR count). The summed E-state index contributed by atoms with van der Waals surface area (Å²) >= 11 is 0. The minimum atomic E-state index is -0.335. The zero-order chi connectivity index (χ0) is 19.5. The number of carbonyl (C=O) groups is 1. The molecular formula is C21H17N3O4. The Morgan fingerprint density at radius 2 is 1.75 bits per heavy atom. The number of hydrogen-bond acceptors (Lipinski definition) is 6. The zero-order valence-electron chi connectivity index (χ0n) is 15.3. The van der Waals surface area contributed by atoms with Gasteiger partial charge in [-0.3, -0.25) is 10.1 Å². The van der Waals surface area contributed by atoms with Crippen LogP contribution in [-0.4, -0.2) is 30.3 Å². The van der Waals surface area contributed by atoms with Crippen LogP contribution in [0, 0.1) is 0 Å². The number of rotatable bonds is 5. The number of benzene rings is 3. The molecule has 3 aromatic carbocycles. The van der Waals surface area contributed by atoms with Gasteiger partial charge in [-0.1, -0.05) is 35.4 Å². The number of nitrogens with one attached hydrogen (secondary N) is 1. The van der Waals surface area contributed by atoms with Crippen LogP contribution in [0.3, 0.4) is 0 Å². The van der Waals surface area contributed by atoms with E-state index in [1.807, 2.05) is 36.4 Å². The summed E-state index contributed by atoms with van der Waals surface area (Å²) in [5.41, 5.74) is 1.07. The predicted molar refractivity (Wildman–Crippen MR) is 105 cm³/mol. The topological polar surface area (TPSA) is 86.5 Å². The van der Waals surface area contributed by atoms with Gasteiger partial charge in [0, 0.05) is 5.56 Å². The number of nitrogens with zero attached hydrogens (tertiary/aromatic N) is 2. The molecule has 0 spiro atoms. The number of aromatic nitrogens is 2. The highest BCUT2D eigenvalue weighted by Crippen LogP contribution is 2.33. The second-order valence-electron chi connectivity index (χ2n) is 5.99. The Morgan fingerprint density at radius 3 is 2.54 bits per heavy atom. The van der Waals surface area contributed by atoms with Crippen molar-refractivity contribution in [2.24, 2.45) is 0 Å². The van der Waals surface area contributed by atoms with Crippen molar-refractivity contribution in [3.63, 3.8) is 0 Å². The summed E-state index contributed by atoms with van der Waals surface area (Å²) in [5.74, 6) is 1.05. The van der Waals surface area contributed by atoms with Gasteiger partial charge in [0.2, 0.25) is 0 Å². The molecule has 0 bridgehead atoms. The van der Waals surface area contributed by atoms with Crippen molar-refractivity contribution >= 4 is 22.7 Å². The molecule has 0 saturated heterocycles. The van der Waals surface area contributed by atoms with Crippen LogP contribution < -0.4 is 14.8 Å². The molecule has 1 heterocycles. The first-order chi connectivity index (χ1) is 13.7. The molecule has 1 aromatic heterocycles. The van der Waals surface area contributed by atoms with Crippen LogP contribution in [0.5, 0.6) is 11.5 Å². The van der Waals surface area contributed by atoms with Gasteiger partial charge >= 0.3 is 6.01 Å². The Labute approximate surface area is 160 Å². The lowest BCUT2D eigenvalue weighted by Gasteiger charge is -2.07. The molecule has 140 valence electrons. The minimum absolute atomic E-state index is 0.00182. The molecule has 1 N–H and O–H groups in total. The van der Waals surface area contributed by atoms with Crippen LogP contribution in [0.25, 0.3) is 22.2 Å². The molecular weight excluding hydrogens is 358 g/mol. The van der Waals surface area contributed by atoms with Crippen LogP contribution in [0.4, 0.5) is 6.01 Å². The molecule has 0 saturated carbocycles. The highest BCUT2D eigenvalue weighted by atomic mass is 16.5. The van der Waals surface area contributed by atoms with E-state index in [4.69, 9.17) is 13.9 Å². The van der Waals surface area contributed by atoms with Crippen molar-refractivity contribution in [1.82, 2.24) is 10.2 Å². The van der Waals surface area contributed by atoms with Crippen LogP contribution in [0.2, 0.25) is 0 Å². The summed E-state index contributed by atoms with van der Waals surface area (Å²) < 4.78 is 16.2. The maximum atomic E-state index is 12.5. The number of fused-ring (bicyclic) bond motifs is 1. The molecule has 0 aliphatic rings. The highest BCUT2D eigenvalue weighted by molar-refractivity contribution is 6.05. The summed E-state index contributed by atoms with van der Waals surface area (Å²) in [7, 11) is 3.11. The lowest BCUT2D eigenvalue weighted by atomic mass is 10.1. The first-order valence-corrected chi connectivity index (χ1v) is 8.54. The van der Waals surface area contributed by atoms with E-state index < -0.39 is 0 Å².